The Labute approximate surface area is 222 Å². The van der Waals surface area contributed by atoms with Gasteiger partial charge < -0.3 is 19.4 Å². The zero-order valence-electron chi connectivity index (χ0n) is 21.3. The number of carbonyl (C=O) groups excluding carboxylic acids is 2. The van der Waals surface area contributed by atoms with E-state index in [2.05, 4.69) is 15.1 Å². The van der Waals surface area contributed by atoms with E-state index < -0.39 is 0 Å². The number of methoxy groups -OCH3 is 1. The summed E-state index contributed by atoms with van der Waals surface area (Å²) < 4.78 is 5.22. The average molecular weight is 522 g/mol. The van der Waals surface area contributed by atoms with Crippen molar-refractivity contribution in [2.75, 3.05) is 51.3 Å². The van der Waals surface area contributed by atoms with E-state index in [4.69, 9.17) is 16.3 Å². The van der Waals surface area contributed by atoms with Gasteiger partial charge in [-0.05, 0) is 73.5 Å². The Morgan fingerprint density at radius 2 is 1.70 bits per heavy atom. The first kappa shape index (κ1) is 26.4. The van der Waals surface area contributed by atoms with Crippen LogP contribution in [-0.4, -0.2) is 78.2 Å². The van der Waals surface area contributed by atoms with Crippen LogP contribution < -0.4 is 9.64 Å². The second kappa shape index (κ2) is 12.5. The van der Waals surface area contributed by atoms with Gasteiger partial charge in [-0.2, -0.15) is 0 Å². The van der Waals surface area contributed by atoms with Crippen LogP contribution in [0.15, 0.2) is 60.7 Å². The largest absolute Gasteiger partial charge is 0.497 e. The highest BCUT2D eigenvalue weighted by atomic mass is 35.5. The van der Waals surface area contributed by atoms with Crippen LogP contribution in [0.4, 0.5) is 5.82 Å². The zero-order chi connectivity index (χ0) is 26.2. The maximum absolute atomic E-state index is 13.2. The van der Waals surface area contributed by atoms with Gasteiger partial charge in [0.2, 0.25) is 5.91 Å². The molecule has 0 aliphatic carbocycles. The highest BCUT2D eigenvalue weighted by molar-refractivity contribution is 6.30. The number of benzene rings is 2. The molecule has 2 aromatic carbocycles. The number of halogens is 1. The van der Waals surface area contributed by atoms with Gasteiger partial charge in [-0.1, -0.05) is 18.5 Å². The van der Waals surface area contributed by atoms with Gasteiger partial charge in [0.05, 0.1) is 12.8 Å². The van der Waals surface area contributed by atoms with E-state index in [-0.39, 0.29) is 18.4 Å². The maximum Gasteiger partial charge on any atom is 0.254 e. The second-order valence-corrected chi connectivity index (χ2v) is 9.40. The number of amides is 2. The summed E-state index contributed by atoms with van der Waals surface area (Å²) in [6.45, 7) is 5.22. The lowest BCUT2D eigenvalue weighted by atomic mass is 10.1. The number of carbonyl (C=O) groups is 2. The lowest BCUT2D eigenvalue weighted by Gasteiger charge is -2.27. The van der Waals surface area contributed by atoms with Crippen LogP contribution in [0.5, 0.6) is 5.75 Å². The molecule has 1 aromatic heterocycles. The van der Waals surface area contributed by atoms with Crippen molar-refractivity contribution in [3.05, 3.63) is 71.2 Å². The van der Waals surface area contributed by atoms with Crippen LogP contribution in [0.1, 0.15) is 30.1 Å². The van der Waals surface area contributed by atoms with Crippen molar-refractivity contribution in [2.45, 2.75) is 19.8 Å². The molecule has 1 saturated heterocycles. The molecule has 1 aliphatic rings. The summed E-state index contributed by atoms with van der Waals surface area (Å²) in [5, 5.41) is 9.43. The van der Waals surface area contributed by atoms with Crippen LogP contribution >= 0.6 is 11.6 Å². The van der Waals surface area contributed by atoms with E-state index in [1.165, 1.54) is 0 Å². The molecule has 4 rings (SSSR count). The van der Waals surface area contributed by atoms with Crippen molar-refractivity contribution in [3.8, 4) is 17.0 Å². The lowest BCUT2D eigenvalue weighted by Crippen LogP contribution is -2.44. The van der Waals surface area contributed by atoms with Crippen molar-refractivity contribution in [1.29, 1.82) is 0 Å². The summed E-state index contributed by atoms with van der Waals surface area (Å²) in [5.41, 5.74) is 2.29. The molecule has 0 saturated carbocycles. The fourth-order valence-corrected chi connectivity index (χ4v) is 4.49. The van der Waals surface area contributed by atoms with Gasteiger partial charge >= 0.3 is 0 Å². The zero-order valence-corrected chi connectivity index (χ0v) is 22.0. The molecule has 0 unspecified atom stereocenters. The van der Waals surface area contributed by atoms with Crippen molar-refractivity contribution >= 4 is 29.2 Å². The molecule has 3 aromatic rings. The van der Waals surface area contributed by atoms with Crippen LogP contribution in [0.3, 0.4) is 0 Å². The minimum Gasteiger partial charge on any atom is -0.497 e. The summed E-state index contributed by atoms with van der Waals surface area (Å²) in [6.07, 6.45) is 1.58. The first-order chi connectivity index (χ1) is 18.0. The predicted molar refractivity (Wildman–Crippen MR) is 145 cm³/mol. The molecular weight excluding hydrogens is 490 g/mol. The Morgan fingerprint density at radius 3 is 2.35 bits per heavy atom. The molecular formula is C28H32ClN5O3. The van der Waals surface area contributed by atoms with Gasteiger partial charge in [0, 0.05) is 48.9 Å². The normalized spacial score (nSPS) is 13.7. The number of rotatable bonds is 8. The third-order valence-corrected chi connectivity index (χ3v) is 6.66. The molecule has 2 amide bonds. The van der Waals surface area contributed by atoms with E-state index >= 15 is 0 Å². The molecule has 1 aliphatic heterocycles. The SMILES string of the molecule is CCCN(CC(=O)N1CCCN(c2ccc(-c3ccc(OC)cc3)nn2)CC1)C(=O)c1ccc(Cl)cc1. The fourth-order valence-electron chi connectivity index (χ4n) is 4.37. The van der Waals surface area contributed by atoms with Crippen LogP contribution in [0.2, 0.25) is 5.02 Å². The molecule has 0 bridgehead atoms. The highest BCUT2D eigenvalue weighted by Gasteiger charge is 2.24. The standard InChI is InChI=1S/C28H32ClN5O3/c1-3-15-34(28(36)22-5-9-23(29)10-6-22)20-27(35)33-17-4-16-32(18-19-33)26-14-13-25(30-31-26)21-7-11-24(37-2)12-8-21/h5-14H,3-4,15-20H2,1-2H3. The van der Waals surface area contributed by atoms with Crippen molar-refractivity contribution < 1.29 is 14.3 Å². The number of ether oxygens (including phenoxy) is 1. The van der Waals surface area contributed by atoms with Gasteiger partial charge in [0.1, 0.15) is 12.3 Å². The summed E-state index contributed by atoms with van der Waals surface area (Å²) in [7, 11) is 1.64. The van der Waals surface area contributed by atoms with E-state index in [1.54, 1.807) is 36.3 Å². The van der Waals surface area contributed by atoms with E-state index in [0.717, 1.165) is 42.2 Å². The molecule has 1 fully saturated rings. The van der Waals surface area contributed by atoms with Gasteiger partial charge in [0.15, 0.2) is 5.82 Å². The Hall–Kier alpha value is -3.65. The Bertz CT molecular complexity index is 1190. The monoisotopic (exact) mass is 521 g/mol. The number of nitrogens with zero attached hydrogens (tertiary/aromatic N) is 5. The minimum atomic E-state index is -0.157. The van der Waals surface area contributed by atoms with E-state index in [9.17, 15) is 9.59 Å². The van der Waals surface area contributed by atoms with E-state index in [0.29, 0.717) is 36.8 Å². The Morgan fingerprint density at radius 1 is 0.946 bits per heavy atom. The minimum absolute atomic E-state index is 0.0430. The highest BCUT2D eigenvalue weighted by Crippen LogP contribution is 2.22. The molecule has 194 valence electrons. The molecule has 9 heteroatoms. The van der Waals surface area contributed by atoms with Gasteiger partial charge in [-0.25, -0.2) is 0 Å². The van der Waals surface area contributed by atoms with Crippen molar-refractivity contribution in [3.63, 3.8) is 0 Å². The third-order valence-electron chi connectivity index (χ3n) is 6.41. The molecule has 0 radical (unpaired) electrons. The van der Waals surface area contributed by atoms with Crippen LogP contribution in [0.25, 0.3) is 11.3 Å². The Balaban J connectivity index is 1.36. The van der Waals surface area contributed by atoms with Crippen molar-refractivity contribution in [2.24, 2.45) is 0 Å². The number of hydrogen-bond acceptors (Lipinski definition) is 6. The number of hydrogen-bond donors (Lipinski definition) is 0. The van der Waals surface area contributed by atoms with E-state index in [1.807, 2.05) is 48.2 Å². The topological polar surface area (TPSA) is 78.9 Å². The molecule has 0 spiro atoms. The first-order valence-corrected chi connectivity index (χ1v) is 12.9. The molecule has 0 N–H and O–H groups in total. The van der Waals surface area contributed by atoms with Gasteiger partial charge in [-0.15, -0.1) is 10.2 Å². The molecule has 2 heterocycles. The predicted octanol–water partition coefficient (Wildman–Crippen LogP) is 4.40. The number of aromatic nitrogens is 2. The summed E-state index contributed by atoms with van der Waals surface area (Å²) in [6, 6.07) is 18.4. The van der Waals surface area contributed by atoms with Gasteiger partial charge in [0.25, 0.3) is 5.91 Å². The first-order valence-electron chi connectivity index (χ1n) is 12.5. The summed E-state index contributed by atoms with van der Waals surface area (Å²) >= 11 is 5.96. The number of anilines is 1. The summed E-state index contributed by atoms with van der Waals surface area (Å²) in [5.74, 6) is 1.38. The smallest absolute Gasteiger partial charge is 0.254 e. The molecule has 37 heavy (non-hydrogen) atoms. The fraction of sp³-hybridized carbons (Fsp3) is 0.357. The summed E-state index contributed by atoms with van der Waals surface area (Å²) in [4.78, 5) is 31.8. The maximum atomic E-state index is 13.2. The quantitative estimate of drug-likeness (QED) is 0.437. The van der Waals surface area contributed by atoms with Crippen molar-refractivity contribution in [1.82, 2.24) is 20.0 Å². The Kier molecular flexibility index (Phi) is 8.95. The molecule has 8 nitrogen and oxygen atoms in total. The lowest BCUT2D eigenvalue weighted by molar-refractivity contribution is -0.131. The van der Waals surface area contributed by atoms with Crippen LogP contribution in [0, 0.1) is 0 Å². The molecule has 0 atom stereocenters. The van der Waals surface area contributed by atoms with Crippen LogP contribution in [-0.2, 0) is 4.79 Å². The average Bonchev–Trinajstić information content (AvgIpc) is 3.20. The van der Waals surface area contributed by atoms with Gasteiger partial charge in [-0.3, -0.25) is 9.59 Å². The second-order valence-electron chi connectivity index (χ2n) is 8.96. The third kappa shape index (κ3) is 6.77.